The zero-order valence-corrected chi connectivity index (χ0v) is 7.13. The minimum atomic E-state index is 0.317. The molecule has 0 amide bonds. The standard InChI is InChI=1S/C5H11IN2/c1-4-2-8(4)3-5(6)7/h4-5H,2-3,7H2,1H3. The normalized spacial score (nSPS) is 39.4. The van der Waals surface area contributed by atoms with E-state index in [-0.39, 0.29) is 0 Å². The van der Waals surface area contributed by atoms with Crippen LogP contribution in [0.1, 0.15) is 6.92 Å². The van der Waals surface area contributed by atoms with Gasteiger partial charge in [0.05, 0.1) is 4.05 Å². The van der Waals surface area contributed by atoms with Crippen LogP contribution in [0.3, 0.4) is 0 Å². The molecule has 2 nitrogen and oxygen atoms in total. The minimum absolute atomic E-state index is 0.317. The molecule has 1 aliphatic rings. The molecule has 1 fully saturated rings. The molecule has 1 aliphatic heterocycles. The van der Waals surface area contributed by atoms with Crippen LogP contribution in [0.25, 0.3) is 0 Å². The zero-order chi connectivity index (χ0) is 6.15. The van der Waals surface area contributed by atoms with Crippen LogP contribution in [0.5, 0.6) is 0 Å². The second kappa shape index (κ2) is 2.49. The molecule has 1 heterocycles. The lowest BCUT2D eigenvalue weighted by molar-refractivity contribution is 0.521. The third kappa shape index (κ3) is 1.87. The monoisotopic (exact) mass is 226 g/mol. The lowest BCUT2D eigenvalue weighted by Crippen LogP contribution is -2.22. The Kier molecular flexibility index (Phi) is 2.11. The predicted molar refractivity (Wildman–Crippen MR) is 43.0 cm³/mol. The van der Waals surface area contributed by atoms with Crippen LogP contribution in [0.4, 0.5) is 0 Å². The van der Waals surface area contributed by atoms with E-state index in [9.17, 15) is 0 Å². The third-order valence-electron chi connectivity index (χ3n) is 1.40. The van der Waals surface area contributed by atoms with E-state index in [1.165, 1.54) is 6.54 Å². The van der Waals surface area contributed by atoms with Crippen molar-refractivity contribution in [1.82, 2.24) is 4.90 Å². The maximum atomic E-state index is 5.54. The molecule has 3 atom stereocenters. The van der Waals surface area contributed by atoms with E-state index in [0.29, 0.717) is 4.05 Å². The Bertz CT molecular complexity index is 84.5. The molecule has 2 N–H and O–H groups in total. The van der Waals surface area contributed by atoms with Crippen LogP contribution in [0.15, 0.2) is 0 Å². The summed E-state index contributed by atoms with van der Waals surface area (Å²) >= 11 is 2.24. The second-order valence-corrected chi connectivity index (χ2v) is 3.92. The summed E-state index contributed by atoms with van der Waals surface area (Å²) < 4.78 is 0.317. The molecule has 1 saturated heterocycles. The van der Waals surface area contributed by atoms with Crippen molar-refractivity contribution < 1.29 is 0 Å². The SMILES string of the molecule is CC1CN1CC(N)I. The summed E-state index contributed by atoms with van der Waals surface area (Å²) in [6.45, 7) is 4.53. The summed E-state index contributed by atoms with van der Waals surface area (Å²) in [6, 6.07) is 0.802. The van der Waals surface area contributed by atoms with E-state index in [4.69, 9.17) is 5.73 Å². The largest absolute Gasteiger partial charge is 0.318 e. The lowest BCUT2D eigenvalue weighted by atomic mass is 10.6. The summed E-state index contributed by atoms with van der Waals surface area (Å²) in [5.41, 5.74) is 5.54. The maximum absolute atomic E-state index is 5.54. The second-order valence-electron chi connectivity index (χ2n) is 2.32. The molecule has 0 radical (unpaired) electrons. The maximum Gasteiger partial charge on any atom is 0.0697 e. The van der Waals surface area contributed by atoms with E-state index in [2.05, 4.69) is 34.4 Å². The Morgan fingerprint density at radius 2 is 2.50 bits per heavy atom. The van der Waals surface area contributed by atoms with E-state index in [0.717, 1.165) is 12.6 Å². The van der Waals surface area contributed by atoms with Crippen molar-refractivity contribution >= 4 is 22.6 Å². The van der Waals surface area contributed by atoms with Crippen LogP contribution in [0, 0.1) is 0 Å². The Labute approximate surface area is 63.6 Å². The van der Waals surface area contributed by atoms with E-state index in [1.807, 2.05) is 0 Å². The highest BCUT2D eigenvalue weighted by atomic mass is 127. The van der Waals surface area contributed by atoms with Crippen LogP contribution in [0.2, 0.25) is 0 Å². The number of rotatable bonds is 2. The lowest BCUT2D eigenvalue weighted by Gasteiger charge is -2.01. The molecule has 3 unspecified atom stereocenters. The molecule has 0 spiro atoms. The third-order valence-corrected chi connectivity index (χ3v) is 1.79. The Morgan fingerprint density at radius 1 is 2.00 bits per heavy atom. The summed E-state index contributed by atoms with van der Waals surface area (Å²) in [5, 5.41) is 0. The van der Waals surface area contributed by atoms with Gasteiger partial charge in [-0.2, -0.15) is 0 Å². The Balaban J connectivity index is 2.05. The molecule has 0 aromatic carbocycles. The first-order chi connectivity index (χ1) is 3.70. The molecule has 0 aromatic rings. The fraction of sp³-hybridized carbons (Fsp3) is 1.00. The fourth-order valence-corrected chi connectivity index (χ4v) is 1.28. The van der Waals surface area contributed by atoms with Gasteiger partial charge in [0, 0.05) is 19.1 Å². The van der Waals surface area contributed by atoms with Crippen molar-refractivity contribution in [2.45, 2.75) is 17.0 Å². The average Bonchev–Trinajstić information content (AvgIpc) is 2.17. The smallest absolute Gasteiger partial charge is 0.0697 e. The van der Waals surface area contributed by atoms with Crippen molar-refractivity contribution in [2.75, 3.05) is 13.1 Å². The molecular weight excluding hydrogens is 215 g/mol. The molecule has 8 heavy (non-hydrogen) atoms. The van der Waals surface area contributed by atoms with Gasteiger partial charge in [-0.25, -0.2) is 0 Å². The fourth-order valence-electron chi connectivity index (χ4n) is 0.771. The average molecular weight is 226 g/mol. The molecule has 3 heteroatoms. The number of nitrogens with two attached hydrogens (primary N) is 1. The van der Waals surface area contributed by atoms with E-state index < -0.39 is 0 Å². The molecular formula is C5H11IN2. The van der Waals surface area contributed by atoms with Gasteiger partial charge in [0.25, 0.3) is 0 Å². The highest BCUT2D eigenvalue weighted by Gasteiger charge is 2.29. The van der Waals surface area contributed by atoms with Crippen LogP contribution >= 0.6 is 22.6 Å². The van der Waals surface area contributed by atoms with Crippen molar-refractivity contribution in [1.29, 1.82) is 0 Å². The van der Waals surface area contributed by atoms with Crippen LogP contribution in [-0.4, -0.2) is 28.1 Å². The molecule has 1 rings (SSSR count). The van der Waals surface area contributed by atoms with Gasteiger partial charge >= 0.3 is 0 Å². The number of nitrogens with zero attached hydrogens (tertiary/aromatic N) is 1. The van der Waals surface area contributed by atoms with Gasteiger partial charge < -0.3 is 5.73 Å². The summed E-state index contributed by atoms with van der Waals surface area (Å²) in [6.07, 6.45) is 0. The van der Waals surface area contributed by atoms with Gasteiger partial charge in [-0.15, -0.1) is 0 Å². The molecule has 0 saturated carbocycles. The van der Waals surface area contributed by atoms with Crippen LogP contribution < -0.4 is 5.73 Å². The van der Waals surface area contributed by atoms with Gasteiger partial charge in [0.2, 0.25) is 0 Å². The van der Waals surface area contributed by atoms with Crippen molar-refractivity contribution in [3.63, 3.8) is 0 Å². The molecule has 48 valence electrons. The van der Waals surface area contributed by atoms with E-state index in [1.54, 1.807) is 0 Å². The highest BCUT2D eigenvalue weighted by molar-refractivity contribution is 14.1. The van der Waals surface area contributed by atoms with Gasteiger partial charge in [-0.05, 0) is 6.92 Å². The van der Waals surface area contributed by atoms with Gasteiger partial charge in [0.15, 0.2) is 0 Å². The number of hydrogen-bond donors (Lipinski definition) is 1. The Hall–Kier alpha value is 0.650. The number of halogens is 1. The molecule has 0 bridgehead atoms. The first-order valence-electron chi connectivity index (χ1n) is 2.84. The first-order valence-corrected chi connectivity index (χ1v) is 4.08. The van der Waals surface area contributed by atoms with Crippen molar-refractivity contribution in [3.05, 3.63) is 0 Å². The topological polar surface area (TPSA) is 29.0 Å². The summed E-state index contributed by atoms with van der Waals surface area (Å²) in [7, 11) is 0. The molecule has 0 aromatic heterocycles. The predicted octanol–water partition coefficient (Wildman–Crippen LogP) is 0.410. The van der Waals surface area contributed by atoms with E-state index >= 15 is 0 Å². The van der Waals surface area contributed by atoms with Gasteiger partial charge in [-0.1, -0.05) is 22.6 Å². The quantitative estimate of drug-likeness (QED) is 0.320. The Morgan fingerprint density at radius 3 is 2.62 bits per heavy atom. The minimum Gasteiger partial charge on any atom is -0.318 e. The zero-order valence-electron chi connectivity index (χ0n) is 4.97. The number of hydrogen-bond acceptors (Lipinski definition) is 2. The van der Waals surface area contributed by atoms with Gasteiger partial charge in [-0.3, -0.25) is 4.90 Å². The van der Waals surface area contributed by atoms with Gasteiger partial charge in [0.1, 0.15) is 0 Å². The van der Waals surface area contributed by atoms with Crippen LogP contribution in [-0.2, 0) is 0 Å². The summed E-state index contributed by atoms with van der Waals surface area (Å²) in [4.78, 5) is 2.36. The number of alkyl halides is 1. The highest BCUT2D eigenvalue weighted by Crippen LogP contribution is 2.16. The summed E-state index contributed by atoms with van der Waals surface area (Å²) in [5.74, 6) is 0. The van der Waals surface area contributed by atoms with Crippen molar-refractivity contribution in [2.24, 2.45) is 5.73 Å². The first kappa shape index (κ1) is 6.77. The van der Waals surface area contributed by atoms with Crippen molar-refractivity contribution in [3.8, 4) is 0 Å². The molecule has 0 aliphatic carbocycles.